The molecule has 0 bridgehead atoms. The van der Waals surface area contributed by atoms with Gasteiger partial charge in [-0.15, -0.1) is 0 Å². The van der Waals surface area contributed by atoms with Crippen LogP contribution in [0.15, 0.2) is 48.5 Å². The Morgan fingerprint density at radius 1 is 1.09 bits per heavy atom. The van der Waals surface area contributed by atoms with E-state index < -0.39 is 0 Å². The molecule has 0 spiro atoms. The molecule has 120 valence electrons. The number of amides is 2. The van der Waals surface area contributed by atoms with E-state index in [1.165, 1.54) is 36.1 Å². The summed E-state index contributed by atoms with van der Waals surface area (Å²) in [5.41, 5.74) is 2.56. The van der Waals surface area contributed by atoms with E-state index in [9.17, 15) is 14.0 Å². The molecule has 0 unspecified atom stereocenters. The summed E-state index contributed by atoms with van der Waals surface area (Å²) >= 11 is 0. The van der Waals surface area contributed by atoms with Gasteiger partial charge in [-0.05, 0) is 42.3 Å². The molecule has 2 amide bonds. The topological polar surface area (TPSA) is 49.4 Å². The van der Waals surface area contributed by atoms with Gasteiger partial charge in [-0.3, -0.25) is 9.59 Å². The van der Waals surface area contributed by atoms with Gasteiger partial charge < -0.3 is 10.2 Å². The van der Waals surface area contributed by atoms with Gasteiger partial charge in [-0.2, -0.15) is 0 Å². The molecule has 0 aliphatic carbocycles. The summed E-state index contributed by atoms with van der Waals surface area (Å²) in [6.07, 6.45) is 0. The molecule has 5 heteroatoms. The van der Waals surface area contributed by atoms with Gasteiger partial charge in [0.1, 0.15) is 12.4 Å². The van der Waals surface area contributed by atoms with Gasteiger partial charge in [0, 0.05) is 19.2 Å². The number of carbonyl (C=O) groups is 2. The molecular weight excluding hydrogens is 295 g/mol. The first-order chi connectivity index (χ1) is 11.0. The van der Waals surface area contributed by atoms with Crippen LogP contribution in [0.3, 0.4) is 0 Å². The summed E-state index contributed by atoms with van der Waals surface area (Å²) in [7, 11) is 0. The van der Waals surface area contributed by atoms with Gasteiger partial charge in [0.25, 0.3) is 0 Å². The van der Waals surface area contributed by atoms with Crippen molar-refractivity contribution >= 4 is 17.5 Å². The van der Waals surface area contributed by atoms with Crippen LogP contribution in [0.1, 0.15) is 18.1 Å². The number of halogens is 1. The molecule has 0 radical (unpaired) electrons. The highest BCUT2D eigenvalue weighted by Gasteiger charge is 2.15. The zero-order chi connectivity index (χ0) is 16.8. The molecule has 23 heavy (non-hydrogen) atoms. The molecule has 0 fully saturated rings. The lowest BCUT2D eigenvalue weighted by Gasteiger charge is -2.21. The predicted octanol–water partition coefficient (Wildman–Crippen LogP) is 3.12. The zero-order valence-corrected chi connectivity index (χ0v) is 13.2. The van der Waals surface area contributed by atoms with Gasteiger partial charge >= 0.3 is 0 Å². The lowest BCUT2D eigenvalue weighted by atomic mass is 10.1. The smallest absolute Gasteiger partial charge is 0.244 e. The fourth-order valence-electron chi connectivity index (χ4n) is 2.18. The Hall–Kier alpha value is -2.69. The Morgan fingerprint density at radius 2 is 1.74 bits per heavy atom. The lowest BCUT2D eigenvalue weighted by molar-refractivity contribution is -0.133. The highest BCUT2D eigenvalue weighted by atomic mass is 19.1. The monoisotopic (exact) mass is 314 g/mol. The maximum absolute atomic E-state index is 12.9. The number of anilines is 1. The van der Waals surface area contributed by atoms with Crippen molar-refractivity contribution in [3.8, 4) is 0 Å². The summed E-state index contributed by atoms with van der Waals surface area (Å²) in [5, 5.41) is 2.66. The summed E-state index contributed by atoms with van der Waals surface area (Å²) < 4.78 is 12.9. The Labute approximate surface area is 134 Å². The summed E-state index contributed by atoms with van der Waals surface area (Å²) in [6, 6.07) is 13.2. The SMILES string of the molecule is CC(=O)N(CC(=O)Nc1ccc(F)cc1)Cc1ccccc1C. The second kappa shape index (κ2) is 7.54. The number of aryl methyl sites for hydroxylation is 1. The first-order valence-electron chi connectivity index (χ1n) is 7.31. The third-order valence-corrected chi connectivity index (χ3v) is 3.53. The van der Waals surface area contributed by atoms with E-state index in [0.717, 1.165) is 11.1 Å². The van der Waals surface area contributed by atoms with Crippen molar-refractivity contribution in [1.82, 2.24) is 4.90 Å². The van der Waals surface area contributed by atoms with Gasteiger partial charge in [0.15, 0.2) is 0 Å². The van der Waals surface area contributed by atoms with Crippen LogP contribution in [0.2, 0.25) is 0 Å². The standard InChI is InChI=1S/C18H19FN2O2/c1-13-5-3-4-6-15(13)11-21(14(2)22)12-18(23)20-17-9-7-16(19)8-10-17/h3-10H,11-12H2,1-2H3,(H,20,23). The molecule has 2 aromatic rings. The highest BCUT2D eigenvalue weighted by Crippen LogP contribution is 2.12. The van der Waals surface area contributed by atoms with Crippen molar-refractivity contribution in [2.24, 2.45) is 0 Å². The van der Waals surface area contributed by atoms with Gasteiger partial charge in [-0.25, -0.2) is 4.39 Å². The molecule has 0 aromatic heterocycles. The number of nitrogens with zero attached hydrogens (tertiary/aromatic N) is 1. The molecule has 2 rings (SSSR count). The van der Waals surface area contributed by atoms with Crippen molar-refractivity contribution in [3.05, 3.63) is 65.5 Å². The van der Waals surface area contributed by atoms with E-state index in [2.05, 4.69) is 5.32 Å². The van der Waals surface area contributed by atoms with Crippen molar-refractivity contribution in [3.63, 3.8) is 0 Å². The van der Waals surface area contributed by atoms with E-state index in [-0.39, 0.29) is 24.2 Å². The van der Waals surface area contributed by atoms with Crippen molar-refractivity contribution < 1.29 is 14.0 Å². The van der Waals surface area contributed by atoms with E-state index in [4.69, 9.17) is 0 Å². The van der Waals surface area contributed by atoms with Crippen LogP contribution in [0, 0.1) is 12.7 Å². The molecule has 0 aliphatic heterocycles. The lowest BCUT2D eigenvalue weighted by Crippen LogP contribution is -2.36. The summed E-state index contributed by atoms with van der Waals surface area (Å²) in [6.45, 7) is 3.72. The number of rotatable bonds is 5. The first kappa shape index (κ1) is 16.7. The van der Waals surface area contributed by atoms with Crippen molar-refractivity contribution in [1.29, 1.82) is 0 Å². The molecule has 4 nitrogen and oxygen atoms in total. The molecule has 0 atom stereocenters. The highest BCUT2D eigenvalue weighted by molar-refractivity contribution is 5.94. The minimum absolute atomic E-state index is 0.0545. The molecule has 0 saturated heterocycles. The zero-order valence-electron chi connectivity index (χ0n) is 13.2. The van der Waals surface area contributed by atoms with E-state index >= 15 is 0 Å². The van der Waals surface area contributed by atoms with Crippen molar-refractivity contribution in [2.45, 2.75) is 20.4 Å². The first-order valence-corrected chi connectivity index (χ1v) is 7.31. The summed E-state index contributed by atoms with van der Waals surface area (Å²) in [4.78, 5) is 25.4. The Bertz CT molecular complexity index is 698. The van der Waals surface area contributed by atoms with Crippen molar-refractivity contribution in [2.75, 3.05) is 11.9 Å². The van der Waals surface area contributed by atoms with E-state index in [1.54, 1.807) is 0 Å². The molecular formula is C18H19FN2O2. The van der Waals surface area contributed by atoms with Gasteiger partial charge in [0.05, 0.1) is 0 Å². The van der Waals surface area contributed by atoms with Crippen LogP contribution in [0.5, 0.6) is 0 Å². The number of hydrogen-bond donors (Lipinski definition) is 1. The average Bonchev–Trinajstić information content (AvgIpc) is 2.51. The fraction of sp³-hybridized carbons (Fsp3) is 0.222. The Morgan fingerprint density at radius 3 is 2.35 bits per heavy atom. The number of benzene rings is 2. The minimum Gasteiger partial charge on any atom is -0.329 e. The Kier molecular flexibility index (Phi) is 5.46. The largest absolute Gasteiger partial charge is 0.329 e. The van der Waals surface area contributed by atoms with Gasteiger partial charge in [0.2, 0.25) is 11.8 Å². The number of carbonyl (C=O) groups excluding carboxylic acids is 2. The van der Waals surface area contributed by atoms with Crippen LogP contribution in [0.4, 0.5) is 10.1 Å². The maximum atomic E-state index is 12.9. The molecule has 0 saturated carbocycles. The third kappa shape index (κ3) is 4.92. The van der Waals surface area contributed by atoms with Crippen LogP contribution in [-0.4, -0.2) is 23.3 Å². The minimum atomic E-state index is -0.368. The second-order valence-corrected chi connectivity index (χ2v) is 5.36. The molecule has 2 aromatic carbocycles. The van der Waals surface area contributed by atoms with E-state index in [0.29, 0.717) is 12.2 Å². The molecule has 0 heterocycles. The third-order valence-electron chi connectivity index (χ3n) is 3.53. The van der Waals surface area contributed by atoms with E-state index in [1.807, 2.05) is 31.2 Å². The normalized spacial score (nSPS) is 10.2. The molecule has 1 N–H and O–H groups in total. The van der Waals surface area contributed by atoms with Gasteiger partial charge in [-0.1, -0.05) is 24.3 Å². The quantitative estimate of drug-likeness (QED) is 0.922. The number of hydrogen-bond acceptors (Lipinski definition) is 2. The molecule has 0 aliphatic rings. The van der Waals surface area contributed by atoms with Crippen LogP contribution < -0.4 is 5.32 Å². The van der Waals surface area contributed by atoms with Crippen LogP contribution in [-0.2, 0) is 16.1 Å². The maximum Gasteiger partial charge on any atom is 0.244 e. The van der Waals surface area contributed by atoms with Crippen LogP contribution in [0.25, 0.3) is 0 Å². The summed E-state index contributed by atoms with van der Waals surface area (Å²) in [5.74, 6) is -0.865. The second-order valence-electron chi connectivity index (χ2n) is 5.36. The average molecular weight is 314 g/mol. The Balaban J connectivity index is 2.01. The predicted molar refractivity (Wildman–Crippen MR) is 87.3 cm³/mol. The fourth-order valence-corrected chi connectivity index (χ4v) is 2.18. The number of nitrogens with one attached hydrogen (secondary N) is 1. The van der Waals surface area contributed by atoms with Crippen LogP contribution >= 0.6 is 0 Å².